The van der Waals surface area contributed by atoms with Gasteiger partial charge in [-0.1, -0.05) is 11.6 Å². The molecule has 0 unspecified atom stereocenters. The number of fused-ring (bicyclic) bond motifs is 1. The van der Waals surface area contributed by atoms with E-state index in [0.717, 1.165) is 11.3 Å². The van der Waals surface area contributed by atoms with E-state index >= 15 is 0 Å². The third-order valence-electron chi connectivity index (χ3n) is 4.17. The molecule has 0 atom stereocenters. The first-order valence-corrected chi connectivity index (χ1v) is 10.1. The first-order valence-electron chi connectivity index (χ1n) is 8.58. The molecule has 0 bridgehead atoms. The molecule has 0 radical (unpaired) electrons. The summed E-state index contributed by atoms with van der Waals surface area (Å²) in [6.45, 7) is 0.622. The summed E-state index contributed by atoms with van der Waals surface area (Å²) in [5.41, 5.74) is 1.05. The Hall–Kier alpha value is -2.63. The molecule has 154 valence electrons. The number of nitrogens with zero attached hydrogens (tertiary/aromatic N) is 3. The number of hydrogen-bond donors (Lipinski definition) is 2. The average Bonchev–Trinajstić information content (AvgIpc) is 3.24. The van der Waals surface area contributed by atoms with Gasteiger partial charge in [-0.3, -0.25) is 19.7 Å². The number of anilines is 1. The van der Waals surface area contributed by atoms with E-state index in [1.54, 1.807) is 11.8 Å². The summed E-state index contributed by atoms with van der Waals surface area (Å²) < 4.78 is 6.30. The number of aromatic nitrogens is 2. The molecule has 2 aromatic rings. The molecule has 0 aliphatic carbocycles. The van der Waals surface area contributed by atoms with Crippen molar-refractivity contribution in [3.63, 3.8) is 0 Å². The highest BCUT2D eigenvalue weighted by atomic mass is 35.5. The third kappa shape index (κ3) is 4.86. The van der Waals surface area contributed by atoms with Gasteiger partial charge in [-0.05, 0) is 12.1 Å². The van der Waals surface area contributed by atoms with Crippen molar-refractivity contribution >= 4 is 46.7 Å². The second-order valence-electron chi connectivity index (χ2n) is 6.14. The van der Waals surface area contributed by atoms with Crippen LogP contribution in [0.25, 0.3) is 0 Å². The molecule has 1 aromatic heterocycles. The smallest absolute Gasteiger partial charge is 0.282 e. The Morgan fingerprint density at radius 3 is 2.93 bits per heavy atom. The number of halogens is 1. The van der Waals surface area contributed by atoms with Crippen molar-refractivity contribution in [2.75, 3.05) is 25.6 Å². The van der Waals surface area contributed by atoms with E-state index in [4.69, 9.17) is 16.3 Å². The van der Waals surface area contributed by atoms with E-state index in [0.29, 0.717) is 30.5 Å². The number of nitro benzene ring substituents is 1. The first kappa shape index (κ1) is 21.1. The topological polar surface area (TPSA) is 128 Å². The van der Waals surface area contributed by atoms with E-state index in [1.807, 2.05) is 0 Å². The van der Waals surface area contributed by atoms with Gasteiger partial charge in [0.2, 0.25) is 5.91 Å². The summed E-state index contributed by atoms with van der Waals surface area (Å²) in [7, 11) is 1.53. The number of amides is 2. The molecule has 3 rings (SSSR count). The molecule has 2 heterocycles. The Kier molecular flexibility index (Phi) is 6.72. The van der Waals surface area contributed by atoms with Crippen molar-refractivity contribution in [2.45, 2.75) is 18.1 Å². The molecule has 10 nitrogen and oxygen atoms in total. The summed E-state index contributed by atoms with van der Waals surface area (Å²) in [6.07, 6.45) is 0. The molecule has 0 fully saturated rings. The van der Waals surface area contributed by atoms with Gasteiger partial charge in [0.05, 0.1) is 17.2 Å². The number of carbonyl (C=O) groups excluding carboxylic acids is 2. The quantitative estimate of drug-likeness (QED) is 0.366. The largest absolute Gasteiger partial charge is 0.383 e. The van der Waals surface area contributed by atoms with Gasteiger partial charge in [0.25, 0.3) is 11.6 Å². The third-order valence-corrected chi connectivity index (χ3v) is 5.38. The van der Waals surface area contributed by atoms with Crippen molar-refractivity contribution in [2.24, 2.45) is 0 Å². The van der Waals surface area contributed by atoms with E-state index in [1.165, 1.54) is 30.0 Å². The van der Waals surface area contributed by atoms with E-state index in [9.17, 15) is 19.7 Å². The van der Waals surface area contributed by atoms with Crippen molar-refractivity contribution in [1.29, 1.82) is 0 Å². The fourth-order valence-corrected chi connectivity index (χ4v) is 4.04. The number of benzene rings is 1. The van der Waals surface area contributed by atoms with Gasteiger partial charge in [-0.25, -0.2) is 4.68 Å². The van der Waals surface area contributed by atoms with Gasteiger partial charge in [-0.15, -0.1) is 0 Å². The normalized spacial score (nSPS) is 12.5. The van der Waals surface area contributed by atoms with Gasteiger partial charge < -0.3 is 15.4 Å². The number of hydrogen-bond acceptors (Lipinski definition) is 7. The SMILES string of the molecule is COCCNC(=O)Cn1nc2c(c1NC(=O)c1cc(Cl)ccc1[N+](=O)[O-])CSC2. The predicted molar refractivity (Wildman–Crippen MR) is 108 cm³/mol. The highest BCUT2D eigenvalue weighted by Crippen LogP contribution is 2.35. The summed E-state index contributed by atoms with van der Waals surface area (Å²) in [6, 6.07) is 3.76. The fourth-order valence-electron chi connectivity index (χ4n) is 2.83. The van der Waals surface area contributed by atoms with Crippen molar-refractivity contribution in [3.8, 4) is 0 Å². The lowest BCUT2D eigenvalue weighted by Gasteiger charge is -2.11. The molecule has 1 aliphatic rings. The molecular weight excluding hydrogens is 422 g/mol. The zero-order chi connectivity index (χ0) is 21.0. The number of nitrogens with one attached hydrogen (secondary N) is 2. The van der Waals surface area contributed by atoms with Crippen LogP contribution in [0.3, 0.4) is 0 Å². The van der Waals surface area contributed by atoms with Crippen LogP contribution in [-0.4, -0.2) is 46.8 Å². The van der Waals surface area contributed by atoms with Crippen molar-refractivity contribution < 1.29 is 19.2 Å². The average molecular weight is 440 g/mol. The second kappa shape index (κ2) is 9.25. The van der Waals surface area contributed by atoms with Crippen LogP contribution in [0.5, 0.6) is 0 Å². The molecule has 0 spiro atoms. The Bertz CT molecular complexity index is 964. The minimum absolute atomic E-state index is 0.103. The Balaban J connectivity index is 1.85. The lowest BCUT2D eigenvalue weighted by Crippen LogP contribution is -2.31. The molecule has 29 heavy (non-hydrogen) atoms. The maximum atomic E-state index is 12.8. The molecular formula is C17H18ClN5O5S. The van der Waals surface area contributed by atoms with Gasteiger partial charge in [0, 0.05) is 41.8 Å². The van der Waals surface area contributed by atoms with Crippen molar-refractivity contribution in [3.05, 3.63) is 50.2 Å². The lowest BCUT2D eigenvalue weighted by molar-refractivity contribution is -0.385. The minimum atomic E-state index is -0.695. The summed E-state index contributed by atoms with van der Waals surface area (Å²) in [5.74, 6) is 0.646. The Labute approximate surface area is 175 Å². The number of ether oxygens (including phenoxy) is 1. The zero-order valence-corrected chi connectivity index (χ0v) is 17.0. The van der Waals surface area contributed by atoms with Gasteiger partial charge in [-0.2, -0.15) is 16.9 Å². The van der Waals surface area contributed by atoms with Crippen LogP contribution in [0.15, 0.2) is 18.2 Å². The van der Waals surface area contributed by atoms with Crippen LogP contribution >= 0.6 is 23.4 Å². The van der Waals surface area contributed by atoms with Crippen LogP contribution in [0.2, 0.25) is 5.02 Å². The van der Waals surface area contributed by atoms with Gasteiger partial charge in [0.1, 0.15) is 17.9 Å². The fraction of sp³-hybridized carbons (Fsp3) is 0.353. The standard InChI is InChI=1S/C17H18ClN5O5S/c1-28-5-4-19-15(24)7-22-16(12-8-29-9-13(12)21-22)20-17(25)11-6-10(18)2-3-14(11)23(26)27/h2-3,6H,4-5,7-9H2,1H3,(H,19,24)(H,20,25). The maximum Gasteiger partial charge on any atom is 0.282 e. The number of carbonyl (C=O) groups is 2. The van der Waals surface area contributed by atoms with E-state index in [2.05, 4.69) is 15.7 Å². The van der Waals surface area contributed by atoms with Crippen LogP contribution in [0.1, 0.15) is 21.6 Å². The predicted octanol–water partition coefficient (Wildman–Crippen LogP) is 2.21. The molecule has 12 heteroatoms. The van der Waals surface area contributed by atoms with Gasteiger partial charge >= 0.3 is 0 Å². The molecule has 1 aromatic carbocycles. The van der Waals surface area contributed by atoms with Gasteiger partial charge in [0.15, 0.2) is 0 Å². The highest BCUT2D eigenvalue weighted by Gasteiger charge is 2.27. The van der Waals surface area contributed by atoms with E-state index < -0.39 is 10.8 Å². The minimum Gasteiger partial charge on any atom is -0.383 e. The molecule has 0 saturated heterocycles. The number of thioether (sulfide) groups is 1. The Morgan fingerprint density at radius 1 is 1.41 bits per heavy atom. The highest BCUT2D eigenvalue weighted by molar-refractivity contribution is 7.98. The molecule has 2 N–H and O–H groups in total. The number of methoxy groups -OCH3 is 1. The summed E-state index contributed by atoms with van der Waals surface area (Å²) >= 11 is 7.54. The molecule has 2 amide bonds. The number of nitro groups is 1. The molecule has 0 saturated carbocycles. The van der Waals surface area contributed by atoms with Crippen LogP contribution in [-0.2, 0) is 27.6 Å². The summed E-state index contributed by atoms with van der Waals surface area (Å²) in [5, 5.41) is 21.2. The monoisotopic (exact) mass is 439 g/mol. The Morgan fingerprint density at radius 2 is 2.21 bits per heavy atom. The number of rotatable bonds is 8. The van der Waals surface area contributed by atoms with Crippen LogP contribution in [0.4, 0.5) is 11.5 Å². The second-order valence-corrected chi connectivity index (χ2v) is 7.56. The van der Waals surface area contributed by atoms with Crippen LogP contribution in [0, 0.1) is 10.1 Å². The first-order chi connectivity index (χ1) is 13.9. The van der Waals surface area contributed by atoms with Crippen LogP contribution < -0.4 is 10.6 Å². The maximum absolute atomic E-state index is 12.8. The van der Waals surface area contributed by atoms with Crippen molar-refractivity contribution in [1.82, 2.24) is 15.1 Å². The zero-order valence-electron chi connectivity index (χ0n) is 15.4. The van der Waals surface area contributed by atoms with E-state index in [-0.39, 0.29) is 28.7 Å². The molecule has 1 aliphatic heterocycles. The lowest BCUT2D eigenvalue weighted by atomic mass is 10.1. The summed E-state index contributed by atoms with van der Waals surface area (Å²) in [4.78, 5) is 35.6.